The molecule has 82 valence electrons. The Morgan fingerprint density at radius 3 is 2.73 bits per heavy atom. The lowest BCUT2D eigenvalue weighted by Gasteiger charge is -2.04. The molecule has 1 N–H and O–H groups in total. The van der Waals surface area contributed by atoms with Gasteiger partial charge in [0, 0.05) is 6.42 Å². The third-order valence-corrected chi connectivity index (χ3v) is 1.83. The molecule has 0 spiro atoms. The van der Waals surface area contributed by atoms with E-state index >= 15 is 0 Å². The average Bonchev–Trinajstić information content (AvgIpc) is 2.65. The first kappa shape index (κ1) is 11.5. The van der Waals surface area contributed by atoms with Gasteiger partial charge in [0.05, 0.1) is 12.8 Å². The van der Waals surface area contributed by atoms with Gasteiger partial charge in [-0.3, -0.25) is 9.59 Å². The fourth-order valence-electron chi connectivity index (χ4n) is 1.20. The highest BCUT2D eigenvalue weighted by molar-refractivity contribution is 5.94. The Morgan fingerprint density at radius 1 is 1.47 bits per heavy atom. The number of amides is 1. The van der Waals surface area contributed by atoms with Crippen molar-refractivity contribution in [3.63, 3.8) is 0 Å². The van der Waals surface area contributed by atoms with Gasteiger partial charge < -0.3 is 9.73 Å². The van der Waals surface area contributed by atoms with Crippen LogP contribution < -0.4 is 5.32 Å². The van der Waals surface area contributed by atoms with Crippen LogP contribution in [0.3, 0.4) is 0 Å². The van der Waals surface area contributed by atoms with Gasteiger partial charge in [0.25, 0.3) is 5.91 Å². The summed E-state index contributed by atoms with van der Waals surface area (Å²) in [5.41, 5.74) is 0. The van der Waals surface area contributed by atoms with Gasteiger partial charge in [-0.1, -0.05) is 13.8 Å². The van der Waals surface area contributed by atoms with Crippen LogP contribution in [0.1, 0.15) is 30.8 Å². The summed E-state index contributed by atoms with van der Waals surface area (Å²) in [7, 11) is 0. The number of rotatable bonds is 5. The second-order valence-corrected chi connectivity index (χ2v) is 3.80. The van der Waals surface area contributed by atoms with Gasteiger partial charge in [0.1, 0.15) is 0 Å². The Labute approximate surface area is 88.7 Å². The third kappa shape index (κ3) is 3.97. The molecule has 4 nitrogen and oxygen atoms in total. The molecular formula is C11H15NO3. The molecule has 0 aliphatic carbocycles. The molecule has 0 aliphatic rings. The molecule has 1 aromatic rings. The Hall–Kier alpha value is -1.58. The van der Waals surface area contributed by atoms with Crippen molar-refractivity contribution in [3.05, 3.63) is 24.2 Å². The van der Waals surface area contributed by atoms with Crippen LogP contribution in [0.2, 0.25) is 0 Å². The van der Waals surface area contributed by atoms with Crippen molar-refractivity contribution in [3.8, 4) is 0 Å². The second kappa shape index (κ2) is 5.34. The molecule has 0 atom stereocenters. The Balaban J connectivity index is 2.32. The van der Waals surface area contributed by atoms with Crippen LogP contribution in [-0.4, -0.2) is 18.2 Å². The third-order valence-electron chi connectivity index (χ3n) is 1.83. The Kier molecular flexibility index (Phi) is 4.09. The van der Waals surface area contributed by atoms with Crippen molar-refractivity contribution in [2.24, 2.45) is 5.92 Å². The molecule has 1 rings (SSSR count). The van der Waals surface area contributed by atoms with Crippen LogP contribution in [0.4, 0.5) is 0 Å². The molecule has 0 radical (unpaired) electrons. The molecule has 0 saturated carbocycles. The quantitative estimate of drug-likeness (QED) is 0.801. The summed E-state index contributed by atoms with van der Waals surface area (Å²) in [6, 6.07) is 3.19. The van der Waals surface area contributed by atoms with E-state index in [1.165, 1.54) is 6.26 Å². The van der Waals surface area contributed by atoms with Crippen molar-refractivity contribution in [1.29, 1.82) is 0 Å². The summed E-state index contributed by atoms with van der Waals surface area (Å²) in [4.78, 5) is 22.6. The van der Waals surface area contributed by atoms with E-state index < -0.39 is 0 Å². The van der Waals surface area contributed by atoms with Crippen LogP contribution in [0, 0.1) is 5.92 Å². The minimum Gasteiger partial charge on any atom is -0.459 e. The minimum absolute atomic E-state index is 0.0323. The maximum atomic E-state index is 11.3. The van der Waals surface area contributed by atoms with Gasteiger partial charge in [0.2, 0.25) is 0 Å². The molecule has 0 unspecified atom stereocenters. The van der Waals surface area contributed by atoms with E-state index in [0.717, 1.165) is 0 Å². The summed E-state index contributed by atoms with van der Waals surface area (Å²) in [5.74, 6) is 0.229. The maximum absolute atomic E-state index is 11.3. The molecule has 0 fully saturated rings. The fraction of sp³-hybridized carbons (Fsp3) is 0.455. The van der Waals surface area contributed by atoms with E-state index in [2.05, 4.69) is 5.32 Å². The zero-order chi connectivity index (χ0) is 11.3. The maximum Gasteiger partial charge on any atom is 0.287 e. The van der Waals surface area contributed by atoms with Crippen LogP contribution in [-0.2, 0) is 4.79 Å². The molecule has 0 saturated heterocycles. The van der Waals surface area contributed by atoms with Gasteiger partial charge in [-0.15, -0.1) is 0 Å². The van der Waals surface area contributed by atoms with Gasteiger partial charge in [-0.2, -0.15) is 0 Å². The zero-order valence-electron chi connectivity index (χ0n) is 8.95. The van der Waals surface area contributed by atoms with Crippen LogP contribution >= 0.6 is 0 Å². The molecular weight excluding hydrogens is 194 g/mol. The number of carbonyl (C=O) groups is 2. The molecule has 0 bridgehead atoms. The number of furan rings is 1. The second-order valence-electron chi connectivity index (χ2n) is 3.80. The number of Topliss-reactive ketones (excluding diaryl/α,β-unsaturated/α-hetero) is 1. The zero-order valence-corrected chi connectivity index (χ0v) is 8.95. The van der Waals surface area contributed by atoms with E-state index in [0.29, 0.717) is 12.3 Å². The van der Waals surface area contributed by atoms with E-state index in [1.807, 2.05) is 13.8 Å². The molecule has 4 heteroatoms. The molecule has 1 amide bonds. The molecule has 1 heterocycles. The predicted molar refractivity (Wildman–Crippen MR) is 55.5 cm³/mol. The summed E-state index contributed by atoms with van der Waals surface area (Å²) in [6.07, 6.45) is 1.91. The first-order chi connectivity index (χ1) is 7.09. The van der Waals surface area contributed by atoms with Crippen molar-refractivity contribution < 1.29 is 14.0 Å². The summed E-state index contributed by atoms with van der Waals surface area (Å²) in [6.45, 7) is 4.00. The first-order valence-electron chi connectivity index (χ1n) is 4.93. The van der Waals surface area contributed by atoms with Gasteiger partial charge >= 0.3 is 0 Å². The van der Waals surface area contributed by atoms with Crippen molar-refractivity contribution >= 4 is 11.7 Å². The van der Waals surface area contributed by atoms with Crippen molar-refractivity contribution in [2.45, 2.75) is 20.3 Å². The highest BCUT2D eigenvalue weighted by Gasteiger charge is 2.10. The van der Waals surface area contributed by atoms with Crippen LogP contribution in [0.5, 0.6) is 0 Å². The lowest BCUT2D eigenvalue weighted by molar-refractivity contribution is -0.118. The number of hydrogen-bond acceptors (Lipinski definition) is 3. The van der Waals surface area contributed by atoms with Gasteiger partial charge in [-0.05, 0) is 18.1 Å². The van der Waals surface area contributed by atoms with Gasteiger partial charge in [0.15, 0.2) is 11.5 Å². The highest BCUT2D eigenvalue weighted by Crippen LogP contribution is 2.01. The molecule has 15 heavy (non-hydrogen) atoms. The monoisotopic (exact) mass is 209 g/mol. The number of ketones is 1. The SMILES string of the molecule is CC(C)CC(=O)CNC(=O)c1ccco1. The van der Waals surface area contributed by atoms with Crippen molar-refractivity contribution in [2.75, 3.05) is 6.54 Å². The summed E-state index contributed by atoms with van der Waals surface area (Å²) < 4.78 is 4.89. The van der Waals surface area contributed by atoms with E-state index in [1.54, 1.807) is 12.1 Å². The first-order valence-corrected chi connectivity index (χ1v) is 4.93. The molecule has 0 aliphatic heterocycles. The highest BCUT2D eigenvalue weighted by atomic mass is 16.3. The smallest absolute Gasteiger partial charge is 0.287 e. The van der Waals surface area contributed by atoms with E-state index in [9.17, 15) is 9.59 Å². The number of hydrogen-bond donors (Lipinski definition) is 1. The lowest BCUT2D eigenvalue weighted by Crippen LogP contribution is -2.29. The topological polar surface area (TPSA) is 59.3 Å². The number of carbonyl (C=O) groups excluding carboxylic acids is 2. The lowest BCUT2D eigenvalue weighted by atomic mass is 10.1. The standard InChI is InChI=1S/C11H15NO3/c1-8(2)6-9(13)7-12-11(14)10-4-3-5-15-10/h3-5,8H,6-7H2,1-2H3,(H,12,14). The number of nitrogens with one attached hydrogen (secondary N) is 1. The van der Waals surface area contributed by atoms with Crippen LogP contribution in [0.15, 0.2) is 22.8 Å². The average molecular weight is 209 g/mol. The molecule has 1 aromatic heterocycles. The van der Waals surface area contributed by atoms with E-state index in [4.69, 9.17) is 4.42 Å². The summed E-state index contributed by atoms with van der Waals surface area (Å²) >= 11 is 0. The Bertz CT molecular complexity index is 328. The predicted octanol–water partition coefficient (Wildman–Crippen LogP) is 1.62. The van der Waals surface area contributed by atoms with Crippen LogP contribution in [0.25, 0.3) is 0 Å². The summed E-state index contributed by atoms with van der Waals surface area (Å²) in [5, 5.41) is 2.51. The minimum atomic E-state index is -0.350. The Morgan fingerprint density at radius 2 is 2.20 bits per heavy atom. The van der Waals surface area contributed by atoms with Crippen molar-refractivity contribution in [1.82, 2.24) is 5.32 Å². The van der Waals surface area contributed by atoms with Gasteiger partial charge in [-0.25, -0.2) is 0 Å². The molecule has 0 aromatic carbocycles. The largest absolute Gasteiger partial charge is 0.459 e. The van der Waals surface area contributed by atoms with E-state index in [-0.39, 0.29) is 24.0 Å². The normalized spacial score (nSPS) is 10.3. The fourth-order valence-corrected chi connectivity index (χ4v) is 1.20.